The Balaban J connectivity index is 2.90. The van der Waals surface area contributed by atoms with Crippen molar-refractivity contribution in [2.45, 2.75) is 0 Å². The minimum Gasteiger partial charge on any atom is -0.506 e. The van der Waals surface area contributed by atoms with Crippen LogP contribution in [-0.4, -0.2) is 26.0 Å². The lowest BCUT2D eigenvalue weighted by Gasteiger charge is -2.00. The number of fused-ring (bicyclic) bond motifs is 1. The third kappa shape index (κ3) is 1.02. The lowest BCUT2D eigenvalue weighted by atomic mass is 10.1. The molecule has 0 fully saturated rings. The number of carbonyl (C=O) groups is 1. The van der Waals surface area contributed by atoms with Gasteiger partial charge in [0.25, 0.3) is 0 Å². The molecule has 0 saturated heterocycles. The molecule has 0 saturated carbocycles. The molecule has 2 N–H and O–H groups in total. The number of aryl methyl sites for hydroxylation is 1. The molecule has 0 radical (unpaired) electrons. The van der Waals surface area contributed by atoms with E-state index in [0.29, 0.717) is 10.9 Å². The first kappa shape index (κ1) is 8.55. The molecule has 0 aliphatic carbocycles. The molecule has 72 valence electrons. The number of aromatic nitrogens is 2. The Morgan fingerprint density at radius 2 is 2.21 bits per heavy atom. The Bertz CT molecular complexity index is 516. The third-order valence-electron chi connectivity index (χ3n) is 2.11. The summed E-state index contributed by atoms with van der Waals surface area (Å²) in [4.78, 5) is 10.8. The van der Waals surface area contributed by atoms with Gasteiger partial charge >= 0.3 is 5.97 Å². The first-order valence-electron chi connectivity index (χ1n) is 3.98. The normalized spacial score (nSPS) is 10.6. The molecule has 0 bridgehead atoms. The van der Waals surface area contributed by atoms with Crippen LogP contribution in [-0.2, 0) is 7.05 Å². The molecule has 0 unspecified atom stereocenters. The molecule has 2 rings (SSSR count). The highest BCUT2D eigenvalue weighted by molar-refractivity contribution is 6.04. The van der Waals surface area contributed by atoms with E-state index in [2.05, 4.69) is 5.10 Å². The van der Waals surface area contributed by atoms with E-state index in [1.54, 1.807) is 7.05 Å². The number of rotatable bonds is 1. The summed E-state index contributed by atoms with van der Waals surface area (Å²) in [6.07, 6.45) is 1.43. The van der Waals surface area contributed by atoms with Crippen LogP contribution in [0.4, 0.5) is 0 Å². The maximum absolute atomic E-state index is 10.8. The molecular weight excluding hydrogens is 184 g/mol. The molecule has 2 aromatic rings. The molecule has 0 spiro atoms. The number of nitrogens with zero attached hydrogens (tertiary/aromatic N) is 2. The van der Waals surface area contributed by atoms with Crippen molar-refractivity contribution in [3.8, 4) is 5.75 Å². The number of carboxylic acids is 1. The number of carboxylic acid groups (broad SMARTS) is 1. The largest absolute Gasteiger partial charge is 0.506 e. The van der Waals surface area contributed by atoms with Gasteiger partial charge in [-0.2, -0.15) is 5.10 Å². The average molecular weight is 192 g/mol. The highest BCUT2D eigenvalue weighted by Crippen LogP contribution is 2.26. The second kappa shape index (κ2) is 2.73. The SMILES string of the molecule is Cn1ncc2c(C(=O)O)ccc(O)c21. The molecule has 0 amide bonds. The van der Waals surface area contributed by atoms with Gasteiger partial charge in [0.2, 0.25) is 0 Å². The van der Waals surface area contributed by atoms with Crippen LogP contribution in [0.2, 0.25) is 0 Å². The molecule has 0 aliphatic rings. The van der Waals surface area contributed by atoms with E-state index >= 15 is 0 Å². The van der Waals surface area contributed by atoms with Gasteiger partial charge in [-0.25, -0.2) is 4.79 Å². The summed E-state index contributed by atoms with van der Waals surface area (Å²) in [6.45, 7) is 0. The maximum Gasteiger partial charge on any atom is 0.336 e. The van der Waals surface area contributed by atoms with Gasteiger partial charge < -0.3 is 10.2 Å². The molecule has 1 heterocycles. The lowest BCUT2D eigenvalue weighted by Crippen LogP contribution is -1.97. The van der Waals surface area contributed by atoms with Crippen molar-refractivity contribution in [2.24, 2.45) is 7.05 Å². The molecule has 5 nitrogen and oxygen atoms in total. The molecule has 1 aromatic heterocycles. The van der Waals surface area contributed by atoms with Crippen molar-refractivity contribution in [3.05, 3.63) is 23.9 Å². The second-order valence-electron chi connectivity index (χ2n) is 2.97. The molecule has 1 aromatic carbocycles. The number of benzene rings is 1. The van der Waals surface area contributed by atoms with Crippen LogP contribution >= 0.6 is 0 Å². The van der Waals surface area contributed by atoms with Crippen molar-refractivity contribution in [1.82, 2.24) is 9.78 Å². The molecule has 0 aliphatic heterocycles. The number of phenols is 1. The van der Waals surface area contributed by atoms with Gasteiger partial charge in [-0.1, -0.05) is 0 Å². The Hall–Kier alpha value is -2.04. The highest BCUT2D eigenvalue weighted by atomic mass is 16.4. The van der Waals surface area contributed by atoms with Gasteiger partial charge in [-0.15, -0.1) is 0 Å². The first-order chi connectivity index (χ1) is 6.61. The van der Waals surface area contributed by atoms with Gasteiger partial charge in [0.05, 0.1) is 11.8 Å². The van der Waals surface area contributed by atoms with Crippen molar-refractivity contribution in [3.63, 3.8) is 0 Å². The molecule has 0 atom stereocenters. The van der Waals surface area contributed by atoms with Crippen LogP contribution in [0.5, 0.6) is 5.75 Å². The van der Waals surface area contributed by atoms with Gasteiger partial charge in [0.15, 0.2) is 0 Å². The van der Waals surface area contributed by atoms with Crippen LogP contribution in [0, 0.1) is 0 Å². The Morgan fingerprint density at radius 1 is 1.50 bits per heavy atom. The number of hydrogen-bond acceptors (Lipinski definition) is 3. The summed E-state index contributed by atoms with van der Waals surface area (Å²) < 4.78 is 1.44. The average Bonchev–Trinajstić information content (AvgIpc) is 2.49. The minimum absolute atomic E-state index is 0.0324. The standard InChI is InChI=1S/C9H8N2O3/c1-11-8-6(4-10-11)5(9(13)14)2-3-7(8)12/h2-4,12H,1H3,(H,13,14). The maximum atomic E-state index is 10.8. The number of aromatic hydroxyl groups is 1. The fourth-order valence-electron chi connectivity index (χ4n) is 1.46. The van der Waals surface area contributed by atoms with Crippen molar-refractivity contribution < 1.29 is 15.0 Å². The van der Waals surface area contributed by atoms with E-state index in [1.807, 2.05) is 0 Å². The number of hydrogen-bond donors (Lipinski definition) is 2. The summed E-state index contributed by atoms with van der Waals surface area (Å²) in [6, 6.07) is 2.72. The Morgan fingerprint density at radius 3 is 2.86 bits per heavy atom. The van der Waals surface area contributed by atoms with Gasteiger partial charge in [-0.3, -0.25) is 4.68 Å². The summed E-state index contributed by atoms with van der Waals surface area (Å²) in [7, 11) is 1.65. The van der Waals surface area contributed by atoms with E-state index in [9.17, 15) is 9.90 Å². The topological polar surface area (TPSA) is 75.4 Å². The van der Waals surface area contributed by atoms with Crippen molar-refractivity contribution >= 4 is 16.9 Å². The predicted octanol–water partition coefficient (Wildman–Crippen LogP) is 0.977. The zero-order valence-corrected chi connectivity index (χ0v) is 7.43. The van der Waals surface area contributed by atoms with E-state index < -0.39 is 5.97 Å². The Labute approximate surface area is 79.2 Å². The molecule has 5 heteroatoms. The molecular formula is C9H8N2O3. The zero-order chi connectivity index (χ0) is 10.3. The zero-order valence-electron chi connectivity index (χ0n) is 7.43. The third-order valence-corrected chi connectivity index (χ3v) is 2.11. The van der Waals surface area contributed by atoms with Gasteiger partial charge in [-0.05, 0) is 12.1 Å². The van der Waals surface area contributed by atoms with E-state index in [4.69, 9.17) is 5.11 Å². The quantitative estimate of drug-likeness (QED) is 0.706. The van der Waals surface area contributed by atoms with E-state index in [0.717, 1.165) is 0 Å². The monoisotopic (exact) mass is 192 g/mol. The summed E-state index contributed by atoms with van der Waals surface area (Å²) in [5, 5.41) is 22.7. The fraction of sp³-hybridized carbons (Fsp3) is 0.111. The van der Waals surface area contributed by atoms with Crippen molar-refractivity contribution in [1.29, 1.82) is 0 Å². The van der Waals surface area contributed by atoms with Crippen LogP contribution in [0.25, 0.3) is 10.9 Å². The van der Waals surface area contributed by atoms with Crippen LogP contribution < -0.4 is 0 Å². The fourth-order valence-corrected chi connectivity index (χ4v) is 1.46. The van der Waals surface area contributed by atoms with Crippen molar-refractivity contribution in [2.75, 3.05) is 0 Å². The minimum atomic E-state index is -1.03. The van der Waals surface area contributed by atoms with Crippen LogP contribution in [0.1, 0.15) is 10.4 Å². The van der Waals surface area contributed by atoms with Gasteiger partial charge in [0.1, 0.15) is 11.3 Å². The summed E-state index contributed by atoms with van der Waals surface area (Å²) in [5.74, 6) is -0.993. The number of aromatic carboxylic acids is 1. The summed E-state index contributed by atoms with van der Waals surface area (Å²) in [5.41, 5.74) is 0.579. The second-order valence-corrected chi connectivity index (χ2v) is 2.97. The van der Waals surface area contributed by atoms with Crippen LogP contribution in [0.3, 0.4) is 0 Å². The van der Waals surface area contributed by atoms with Crippen LogP contribution in [0.15, 0.2) is 18.3 Å². The molecule has 14 heavy (non-hydrogen) atoms. The predicted molar refractivity (Wildman–Crippen MR) is 49.3 cm³/mol. The number of phenolic OH excluding ortho intramolecular Hbond substituents is 1. The van der Waals surface area contributed by atoms with Gasteiger partial charge in [0, 0.05) is 12.4 Å². The lowest BCUT2D eigenvalue weighted by molar-refractivity contribution is 0.0699. The smallest absolute Gasteiger partial charge is 0.336 e. The summed E-state index contributed by atoms with van der Waals surface area (Å²) >= 11 is 0. The first-order valence-corrected chi connectivity index (χ1v) is 3.98. The Kier molecular flexibility index (Phi) is 1.67. The van der Waals surface area contributed by atoms with E-state index in [1.165, 1.54) is 23.0 Å². The highest BCUT2D eigenvalue weighted by Gasteiger charge is 2.13. The van der Waals surface area contributed by atoms with E-state index in [-0.39, 0.29) is 11.3 Å².